The summed E-state index contributed by atoms with van der Waals surface area (Å²) in [6.07, 6.45) is 1.26. The molecule has 0 aliphatic heterocycles. The quantitative estimate of drug-likeness (QED) is 0.295. The Morgan fingerprint density at radius 1 is 1.72 bits per heavy atom. The van der Waals surface area contributed by atoms with Crippen LogP contribution < -0.4 is 5.73 Å². The molecular formula is C9H17N5O3S. The van der Waals surface area contributed by atoms with E-state index in [1.54, 1.807) is 13.8 Å². The van der Waals surface area contributed by atoms with Gasteiger partial charge in [0.15, 0.2) is 0 Å². The van der Waals surface area contributed by atoms with Gasteiger partial charge in [-0.1, -0.05) is 12.1 Å². The summed E-state index contributed by atoms with van der Waals surface area (Å²) < 4.78 is 25.5. The number of nitrogens with zero attached hydrogens (tertiary/aromatic N) is 3. The first kappa shape index (κ1) is 14.5. The van der Waals surface area contributed by atoms with Crippen LogP contribution in [-0.2, 0) is 10.0 Å². The second-order valence-corrected chi connectivity index (χ2v) is 6.08. The van der Waals surface area contributed by atoms with Crippen molar-refractivity contribution in [2.45, 2.75) is 18.7 Å². The fraction of sp³-hybridized carbons (Fsp3) is 0.556. The van der Waals surface area contributed by atoms with E-state index in [2.05, 4.69) is 15.4 Å². The number of nitrogens with one attached hydrogen (secondary N) is 1. The van der Waals surface area contributed by atoms with Crippen LogP contribution in [-0.4, -0.2) is 47.6 Å². The fourth-order valence-corrected chi connectivity index (χ4v) is 2.82. The number of rotatable bonds is 5. The van der Waals surface area contributed by atoms with E-state index in [0.717, 1.165) is 4.31 Å². The van der Waals surface area contributed by atoms with Gasteiger partial charge in [0.1, 0.15) is 10.7 Å². The van der Waals surface area contributed by atoms with Crippen molar-refractivity contribution in [1.29, 1.82) is 0 Å². The molecule has 9 heteroatoms. The Morgan fingerprint density at radius 3 is 2.78 bits per heavy atom. The van der Waals surface area contributed by atoms with E-state index in [-0.39, 0.29) is 23.2 Å². The van der Waals surface area contributed by atoms with Gasteiger partial charge in [0.25, 0.3) is 0 Å². The normalized spacial score (nSPS) is 15.0. The molecular weight excluding hydrogens is 258 g/mol. The zero-order valence-electron chi connectivity index (χ0n) is 10.5. The summed E-state index contributed by atoms with van der Waals surface area (Å²) in [5.41, 5.74) is 5.89. The van der Waals surface area contributed by atoms with Crippen LogP contribution in [0.1, 0.15) is 12.6 Å². The highest BCUT2D eigenvalue weighted by Crippen LogP contribution is 2.17. The molecule has 0 spiro atoms. The Kier molecular flexibility index (Phi) is 4.30. The minimum absolute atomic E-state index is 0.0130. The maximum atomic E-state index is 12.2. The van der Waals surface area contributed by atoms with Gasteiger partial charge in [-0.2, -0.15) is 5.10 Å². The second kappa shape index (κ2) is 5.36. The molecule has 102 valence electrons. The van der Waals surface area contributed by atoms with Crippen LogP contribution in [0.25, 0.3) is 0 Å². The van der Waals surface area contributed by atoms with Crippen LogP contribution in [0.4, 0.5) is 0 Å². The summed E-state index contributed by atoms with van der Waals surface area (Å²) in [5.74, 6) is -0.400. The van der Waals surface area contributed by atoms with E-state index in [9.17, 15) is 8.42 Å². The lowest BCUT2D eigenvalue weighted by atomic mass is 10.2. The average Bonchev–Trinajstić information content (AvgIpc) is 2.74. The van der Waals surface area contributed by atoms with E-state index in [1.807, 2.05) is 0 Å². The van der Waals surface area contributed by atoms with Crippen molar-refractivity contribution in [3.05, 3.63) is 11.9 Å². The topological polar surface area (TPSA) is 125 Å². The minimum Gasteiger partial charge on any atom is -0.409 e. The summed E-state index contributed by atoms with van der Waals surface area (Å²) in [7, 11) is -2.18. The van der Waals surface area contributed by atoms with Gasteiger partial charge in [0.05, 0.1) is 11.9 Å². The molecule has 1 unspecified atom stereocenters. The van der Waals surface area contributed by atoms with Gasteiger partial charge >= 0.3 is 0 Å². The molecule has 0 saturated heterocycles. The summed E-state index contributed by atoms with van der Waals surface area (Å²) in [6.45, 7) is 3.41. The van der Waals surface area contributed by atoms with Crippen LogP contribution in [0, 0.1) is 12.8 Å². The number of aromatic amines is 1. The molecule has 18 heavy (non-hydrogen) atoms. The molecule has 0 amide bonds. The molecule has 0 aliphatic carbocycles. The number of amidine groups is 1. The van der Waals surface area contributed by atoms with Crippen LogP contribution in [0.15, 0.2) is 16.2 Å². The molecule has 0 fully saturated rings. The Hall–Kier alpha value is -1.61. The lowest BCUT2D eigenvalue weighted by Gasteiger charge is -2.20. The monoisotopic (exact) mass is 275 g/mol. The van der Waals surface area contributed by atoms with Gasteiger partial charge in [-0.3, -0.25) is 5.10 Å². The Bertz CT molecular complexity index is 536. The highest BCUT2D eigenvalue weighted by atomic mass is 32.2. The SMILES string of the molecule is Cc1[nH]ncc1S(=O)(=O)N(C)CC(C)/C(N)=N/O. The summed E-state index contributed by atoms with van der Waals surface area (Å²) in [6, 6.07) is 0. The van der Waals surface area contributed by atoms with Crippen molar-refractivity contribution in [3.8, 4) is 0 Å². The first-order valence-electron chi connectivity index (χ1n) is 5.24. The third-order valence-corrected chi connectivity index (χ3v) is 4.56. The Balaban J connectivity index is 2.91. The summed E-state index contributed by atoms with van der Waals surface area (Å²) in [4.78, 5) is 0.122. The highest BCUT2D eigenvalue weighted by Gasteiger charge is 2.26. The Morgan fingerprint density at radius 2 is 2.33 bits per heavy atom. The average molecular weight is 275 g/mol. The maximum Gasteiger partial charge on any atom is 0.246 e. The van der Waals surface area contributed by atoms with Gasteiger partial charge < -0.3 is 10.9 Å². The third kappa shape index (κ3) is 2.79. The molecule has 0 radical (unpaired) electrons. The van der Waals surface area contributed by atoms with Crippen molar-refractivity contribution in [2.75, 3.05) is 13.6 Å². The number of hydrogen-bond donors (Lipinski definition) is 3. The van der Waals surface area contributed by atoms with Crippen LogP contribution in [0.5, 0.6) is 0 Å². The first-order chi connectivity index (χ1) is 8.30. The predicted octanol–water partition coefficient (Wildman–Crippen LogP) is -0.279. The summed E-state index contributed by atoms with van der Waals surface area (Å²) >= 11 is 0. The summed E-state index contributed by atoms with van der Waals surface area (Å²) in [5, 5.41) is 17.6. The van der Waals surface area contributed by atoms with E-state index >= 15 is 0 Å². The molecule has 1 heterocycles. The van der Waals surface area contributed by atoms with Crippen molar-refractivity contribution >= 4 is 15.9 Å². The number of aromatic nitrogens is 2. The molecule has 8 nitrogen and oxygen atoms in total. The molecule has 1 rings (SSSR count). The molecule has 1 aromatic rings. The number of sulfonamides is 1. The molecule has 4 N–H and O–H groups in total. The third-order valence-electron chi connectivity index (χ3n) is 2.62. The number of oxime groups is 1. The van der Waals surface area contributed by atoms with E-state index in [1.165, 1.54) is 13.2 Å². The highest BCUT2D eigenvalue weighted by molar-refractivity contribution is 7.89. The van der Waals surface area contributed by atoms with Crippen molar-refractivity contribution in [3.63, 3.8) is 0 Å². The first-order valence-corrected chi connectivity index (χ1v) is 6.68. The maximum absolute atomic E-state index is 12.2. The molecule has 0 aliphatic rings. The van der Waals surface area contributed by atoms with Crippen LogP contribution in [0.3, 0.4) is 0 Å². The van der Waals surface area contributed by atoms with Gasteiger partial charge in [0, 0.05) is 19.5 Å². The van der Waals surface area contributed by atoms with Crippen molar-refractivity contribution in [1.82, 2.24) is 14.5 Å². The van der Waals surface area contributed by atoms with Gasteiger partial charge in [-0.05, 0) is 6.92 Å². The van der Waals surface area contributed by atoms with Gasteiger partial charge in [0.2, 0.25) is 10.0 Å². The molecule has 0 aromatic carbocycles. The fourth-order valence-electron chi connectivity index (χ4n) is 1.44. The molecule has 1 atom stereocenters. The lowest BCUT2D eigenvalue weighted by molar-refractivity contribution is 0.312. The van der Waals surface area contributed by atoms with E-state index < -0.39 is 10.0 Å². The zero-order valence-corrected chi connectivity index (χ0v) is 11.3. The number of hydrogen-bond acceptors (Lipinski definition) is 5. The number of nitrogens with two attached hydrogens (primary N) is 1. The van der Waals surface area contributed by atoms with Crippen LogP contribution >= 0.6 is 0 Å². The predicted molar refractivity (Wildman–Crippen MR) is 65.7 cm³/mol. The minimum atomic E-state index is -3.62. The van der Waals surface area contributed by atoms with Gasteiger partial charge in [-0.25, -0.2) is 12.7 Å². The molecule has 0 bridgehead atoms. The standard InChI is InChI=1S/C9H17N5O3S/c1-6(9(10)13-15)5-14(3)18(16,17)8-4-11-12-7(8)2/h4,6,15H,5H2,1-3H3,(H2,10,13)(H,11,12). The van der Waals surface area contributed by atoms with Crippen molar-refractivity contribution < 1.29 is 13.6 Å². The smallest absolute Gasteiger partial charge is 0.246 e. The zero-order chi connectivity index (χ0) is 13.9. The number of H-pyrrole nitrogens is 1. The largest absolute Gasteiger partial charge is 0.409 e. The molecule has 0 saturated carbocycles. The van der Waals surface area contributed by atoms with Crippen LogP contribution in [0.2, 0.25) is 0 Å². The Labute approximate surface area is 106 Å². The second-order valence-electron chi connectivity index (χ2n) is 4.07. The lowest BCUT2D eigenvalue weighted by Crippen LogP contribution is -2.36. The number of aryl methyl sites for hydroxylation is 1. The van der Waals surface area contributed by atoms with Gasteiger partial charge in [-0.15, -0.1) is 0 Å². The molecule has 1 aromatic heterocycles. The van der Waals surface area contributed by atoms with E-state index in [0.29, 0.717) is 5.69 Å². The van der Waals surface area contributed by atoms with E-state index in [4.69, 9.17) is 10.9 Å². The van der Waals surface area contributed by atoms with Crippen molar-refractivity contribution in [2.24, 2.45) is 16.8 Å².